The molecular formula is C22H25N3O3. The molecule has 4 rings (SSSR count). The summed E-state index contributed by atoms with van der Waals surface area (Å²) in [7, 11) is 0. The Bertz CT molecular complexity index is 1020. The van der Waals surface area contributed by atoms with Crippen molar-refractivity contribution in [1.82, 2.24) is 14.5 Å². The Morgan fingerprint density at radius 1 is 1.14 bits per heavy atom. The number of aryl methyl sites for hydroxylation is 4. The molecule has 1 aliphatic rings. The summed E-state index contributed by atoms with van der Waals surface area (Å²) in [5.74, 6) is -0.874. The number of aromatic nitrogens is 3. The predicted octanol–water partition coefficient (Wildman–Crippen LogP) is 4.09. The van der Waals surface area contributed by atoms with E-state index in [0.717, 1.165) is 54.5 Å². The van der Waals surface area contributed by atoms with Crippen LogP contribution in [0, 0.1) is 13.8 Å². The monoisotopic (exact) mass is 379 g/mol. The van der Waals surface area contributed by atoms with Crippen molar-refractivity contribution in [1.29, 1.82) is 0 Å². The highest BCUT2D eigenvalue weighted by Gasteiger charge is 2.20. The molecule has 0 fully saturated rings. The van der Waals surface area contributed by atoms with E-state index in [9.17, 15) is 9.90 Å². The molecule has 0 unspecified atom stereocenters. The van der Waals surface area contributed by atoms with Crippen molar-refractivity contribution in [2.24, 2.45) is 0 Å². The van der Waals surface area contributed by atoms with Crippen LogP contribution in [0.4, 0.5) is 0 Å². The van der Waals surface area contributed by atoms with E-state index >= 15 is 0 Å². The fraction of sp³-hybridized carbons (Fsp3) is 0.409. The van der Waals surface area contributed by atoms with E-state index in [1.807, 2.05) is 32.0 Å². The van der Waals surface area contributed by atoms with E-state index in [1.165, 1.54) is 17.7 Å². The van der Waals surface area contributed by atoms with Gasteiger partial charge in [0, 0.05) is 34.5 Å². The second-order valence-electron chi connectivity index (χ2n) is 7.46. The minimum absolute atomic E-state index is 0.355. The Balaban J connectivity index is 1.54. The Kier molecular flexibility index (Phi) is 5.03. The minimum atomic E-state index is -0.874. The van der Waals surface area contributed by atoms with Crippen molar-refractivity contribution in [2.75, 3.05) is 6.61 Å². The van der Waals surface area contributed by atoms with Crippen LogP contribution in [0.3, 0.4) is 0 Å². The zero-order chi connectivity index (χ0) is 19.7. The molecule has 2 heterocycles. The number of hydrogen-bond acceptors (Lipinski definition) is 4. The van der Waals surface area contributed by atoms with Crippen LogP contribution >= 0.6 is 0 Å². The van der Waals surface area contributed by atoms with Gasteiger partial charge >= 0.3 is 12.0 Å². The van der Waals surface area contributed by atoms with Gasteiger partial charge in [-0.2, -0.15) is 0 Å². The van der Waals surface area contributed by atoms with Gasteiger partial charge in [0.1, 0.15) is 0 Å². The summed E-state index contributed by atoms with van der Waals surface area (Å²) >= 11 is 0. The zero-order valence-electron chi connectivity index (χ0n) is 16.4. The molecule has 3 aromatic rings. The van der Waals surface area contributed by atoms with Crippen molar-refractivity contribution in [2.45, 2.75) is 52.5 Å². The van der Waals surface area contributed by atoms with Crippen LogP contribution in [0.1, 0.15) is 52.3 Å². The third-order valence-corrected chi connectivity index (χ3v) is 5.34. The Morgan fingerprint density at radius 2 is 1.89 bits per heavy atom. The van der Waals surface area contributed by atoms with Crippen LogP contribution in [0.25, 0.3) is 10.9 Å². The van der Waals surface area contributed by atoms with Crippen LogP contribution in [-0.2, 0) is 19.4 Å². The van der Waals surface area contributed by atoms with E-state index in [0.29, 0.717) is 18.2 Å². The summed E-state index contributed by atoms with van der Waals surface area (Å²) in [4.78, 5) is 20.0. The molecular weight excluding hydrogens is 354 g/mol. The number of ether oxygens (including phenoxy) is 1. The van der Waals surface area contributed by atoms with Gasteiger partial charge in [0.15, 0.2) is 0 Å². The average Bonchev–Trinajstić information content (AvgIpc) is 2.98. The summed E-state index contributed by atoms with van der Waals surface area (Å²) in [5, 5.41) is 10.4. The lowest BCUT2D eigenvalue weighted by Gasteiger charge is -2.16. The van der Waals surface area contributed by atoms with Gasteiger partial charge in [0.2, 0.25) is 0 Å². The first-order chi connectivity index (χ1) is 13.5. The molecule has 6 nitrogen and oxygen atoms in total. The SMILES string of the molecule is Cc1cc(C)nc(OCCCn2c3c(c4cc(C(=O)O)ccc42)CCCC3)n1. The van der Waals surface area contributed by atoms with Gasteiger partial charge in [-0.1, -0.05) is 0 Å². The van der Waals surface area contributed by atoms with Gasteiger partial charge in [-0.05, 0) is 75.8 Å². The lowest BCUT2D eigenvalue weighted by atomic mass is 9.95. The van der Waals surface area contributed by atoms with Crippen LogP contribution in [0.15, 0.2) is 24.3 Å². The molecule has 0 spiro atoms. The number of carboxylic acids is 1. The second-order valence-corrected chi connectivity index (χ2v) is 7.46. The van der Waals surface area contributed by atoms with Crippen LogP contribution in [0.2, 0.25) is 0 Å². The van der Waals surface area contributed by atoms with E-state index in [2.05, 4.69) is 14.5 Å². The number of rotatable bonds is 6. The smallest absolute Gasteiger partial charge is 0.335 e. The Morgan fingerprint density at radius 3 is 2.64 bits per heavy atom. The molecule has 0 amide bonds. The number of carboxylic acid groups (broad SMARTS) is 1. The van der Waals surface area contributed by atoms with E-state index in [-0.39, 0.29) is 0 Å². The molecule has 1 aromatic carbocycles. The predicted molar refractivity (Wildman–Crippen MR) is 107 cm³/mol. The highest BCUT2D eigenvalue weighted by Crippen LogP contribution is 2.33. The third kappa shape index (κ3) is 3.59. The quantitative estimate of drug-likeness (QED) is 0.653. The van der Waals surface area contributed by atoms with Crippen LogP contribution in [0.5, 0.6) is 6.01 Å². The normalized spacial score (nSPS) is 13.5. The van der Waals surface area contributed by atoms with Crippen molar-refractivity contribution in [3.8, 4) is 6.01 Å². The summed E-state index contributed by atoms with van der Waals surface area (Å²) in [6.07, 6.45) is 5.26. The molecule has 0 aliphatic heterocycles. The Hall–Kier alpha value is -2.89. The van der Waals surface area contributed by atoms with Gasteiger partial charge in [-0.3, -0.25) is 0 Å². The first kappa shape index (κ1) is 18.5. The number of carbonyl (C=O) groups is 1. The second kappa shape index (κ2) is 7.62. The maximum Gasteiger partial charge on any atom is 0.335 e. The molecule has 6 heteroatoms. The van der Waals surface area contributed by atoms with Gasteiger partial charge in [-0.25, -0.2) is 14.8 Å². The van der Waals surface area contributed by atoms with Crippen LogP contribution in [-0.4, -0.2) is 32.2 Å². The number of benzene rings is 1. The standard InChI is InChI=1S/C22H25N3O3/c1-14-12-15(2)24-22(23-14)28-11-5-10-25-19-7-4-3-6-17(19)18-13-16(21(26)27)8-9-20(18)25/h8-9,12-13H,3-7,10-11H2,1-2H3,(H,26,27). The van der Waals surface area contributed by atoms with Gasteiger partial charge in [0.05, 0.1) is 12.2 Å². The number of nitrogens with zero attached hydrogens (tertiary/aromatic N) is 3. The first-order valence-corrected chi connectivity index (χ1v) is 9.85. The molecule has 0 atom stereocenters. The average molecular weight is 379 g/mol. The third-order valence-electron chi connectivity index (χ3n) is 5.34. The summed E-state index contributed by atoms with van der Waals surface area (Å²) in [5.41, 5.74) is 5.96. The van der Waals surface area contributed by atoms with Crippen molar-refractivity contribution < 1.29 is 14.6 Å². The van der Waals surface area contributed by atoms with Gasteiger partial charge < -0.3 is 14.4 Å². The highest BCUT2D eigenvalue weighted by atomic mass is 16.5. The van der Waals surface area contributed by atoms with Gasteiger partial charge in [0.25, 0.3) is 0 Å². The molecule has 28 heavy (non-hydrogen) atoms. The molecule has 1 N–H and O–H groups in total. The highest BCUT2D eigenvalue weighted by molar-refractivity contribution is 5.95. The largest absolute Gasteiger partial charge is 0.478 e. The van der Waals surface area contributed by atoms with Crippen LogP contribution < -0.4 is 4.74 Å². The first-order valence-electron chi connectivity index (χ1n) is 9.85. The van der Waals surface area contributed by atoms with Crippen molar-refractivity contribution in [3.05, 3.63) is 52.5 Å². The van der Waals surface area contributed by atoms with E-state index in [1.54, 1.807) is 6.07 Å². The lowest BCUT2D eigenvalue weighted by molar-refractivity contribution is 0.0697. The molecule has 2 aromatic heterocycles. The zero-order valence-corrected chi connectivity index (χ0v) is 16.4. The summed E-state index contributed by atoms with van der Waals surface area (Å²) in [6.45, 7) is 5.25. The summed E-state index contributed by atoms with van der Waals surface area (Å²) in [6, 6.07) is 7.84. The maximum absolute atomic E-state index is 11.4. The topological polar surface area (TPSA) is 77.2 Å². The number of fused-ring (bicyclic) bond motifs is 3. The van der Waals surface area contributed by atoms with Gasteiger partial charge in [-0.15, -0.1) is 0 Å². The molecule has 0 radical (unpaired) electrons. The molecule has 1 aliphatic carbocycles. The summed E-state index contributed by atoms with van der Waals surface area (Å²) < 4.78 is 8.11. The lowest BCUT2D eigenvalue weighted by Crippen LogP contribution is -2.11. The molecule has 146 valence electrons. The van der Waals surface area contributed by atoms with E-state index < -0.39 is 5.97 Å². The molecule has 0 saturated heterocycles. The minimum Gasteiger partial charge on any atom is -0.478 e. The fourth-order valence-electron chi connectivity index (χ4n) is 4.17. The number of aromatic carboxylic acids is 1. The maximum atomic E-state index is 11.4. The van der Waals surface area contributed by atoms with E-state index in [4.69, 9.17) is 4.74 Å². The van der Waals surface area contributed by atoms with Crippen molar-refractivity contribution in [3.63, 3.8) is 0 Å². The molecule has 0 bridgehead atoms. The molecule has 0 saturated carbocycles. The Labute approximate surface area is 164 Å². The fourth-order valence-corrected chi connectivity index (χ4v) is 4.17. The number of hydrogen-bond donors (Lipinski definition) is 1. The van der Waals surface area contributed by atoms with Crippen molar-refractivity contribution >= 4 is 16.9 Å².